The second-order valence-corrected chi connectivity index (χ2v) is 4.75. The zero-order valence-corrected chi connectivity index (χ0v) is 12.9. The standard InChI is InChI=1S/C17H19N3O3/c1-2-3-11-22-16-8-6-15(7-9-16)20-17(21)23-19-13-14-5-4-10-18-12-14/h4-10,12-13H,2-3,11H2,1H3,(H,20,21)/b19-13+. The second-order valence-electron chi connectivity index (χ2n) is 4.75. The number of hydrogen-bond acceptors (Lipinski definition) is 5. The first kappa shape index (κ1) is 16.5. The maximum atomic E-state index is 11.6. The third kappa shape index (κ3) is 6.17. The highest BCUT2D eigenvalue weighted by molar-refractivity contribution is 5.85. The van der Waals surface area contributed by atoms with Gasteiger partial charge in [-0.2, -0.15) is 0 Å². The van der Waals surface area contributed by atoms with E-state index in [0.29, 0.717) is 12.3 Å². The van der Waals surface area contributed by atoms with Crippen molar-refractivity contribution >= 4 is 18.0 Å². The van der Waals surface area contributed by atoms with Crippen molar-refractivity contribution in [3.8, 4) is 5.75 Å². The molecule has 1 aromatic carbocycles. The van der Waals surface area contributed by atoms with Crippen LogP contribution in [0, 0.1) is 0 Å². The number of carbonyl (C=O) groups excluding carboxylic acids is 1. The van der Waals surface area contributed by atoms with E-state index in [-0.39, 0.29) is 0 Å². The quantitative estimate of drug-likeness (QED) is 0.365. The lowest BCUT2D eigenvalue weighted by molar-refractivity contribution is 0.167. The molecule has 0 aliphatic carbocycles. The molecule has 6 heteroatoms. The topological polar surface area (TPSA) is 72.8 Å². The van der Waals surface area contributed by atoms with E-state index >= 15 is 0 Å². The van der Waals surface area contributed by atoms with Crippen molar-refractivity contribution in [2.45, 2.75) is 19.8 Å². The molecule has 0 radical (unpaired) electrons. The van der Waals surface area contributed by atoms with E-state index in [4.69, 9.17) is 9.57 Å². The number of rotatable bonds is 7. The summed E-state index contributed by atoms with van der Waals surface area (Å²) in [7, 11) is 0. The van der Waals surface area contributed by atoms with Crippen LogP contribution >= 0.6 is 0 Å². The van der Waals surface area contributed by atoms with Crippen molar-refractivity contribution in [1.82, 2.24) is 4.98 Å². The Kier molecular flexibility index (Phi) is 6.59. The number of pyridine rings is 1. The van der Waals surface area contributed by atoms with Crippen LogP contribution in [0.25, 0.3) is 0 Å². The van der Waals surface area contributed by atoms with Gasteiger partial charge in [0.2, 0.25) is 0 Å². The highest BCUT2D eigenvalue weighted by Crippen LogP contribution is 2.16. The lowest BCUT2D eigenvalue weighted by atomic mass is 10.3. The van der Waals surface area contributed by atoms with Gasteiger partial charge in [0.1, 0.15) is 5.75 Å². The van der Waals surface area contributed by atoms with Crippen LogP contribution in [0.5, 0.6) is 5.75 Å². The minimum absolute atomic E-state index is 0.606. The molecular formula is C17H19N3O3. The number of nitrogens with zero attached hydrogens (tertiary/aromatic N) is 2. The molecule has 0 unspecified atom stereocenters. The number of aromatic nitrogens is 1. The summed E-state index contributed by atoms with van der Waals surface area (Å²) in [6.07, 6.45) is 6.12. The number of hydrogen-bond donors (Lipinski definition) is 1. The van der Waals surface area contributed by atoms with Crippen LogP contribution in [0.1, 0.15) is 25.3 Å². The average molecular weight is 313 g/mol. The highest BCUT2D eigenvalue weighted by atomic mass is 16.7. The summed E-state index contributed by atoms with van der Waals surface area (Å²) in [5.74, 6) is 0.770. The molecule has 0 saturated carbocycles. The SMILES string of the molecule is CCCCOc1ccc(NC(=O)O/N=C/c2cccnc2)cc1. The van der Waals surface area contributed by atoms with Crippen LogP contribution in [0.2, 0.25) is 0 Å². The van der Waals surface area contributed by atoms with Crippen LogP contribution in [0.3, 0.4) is 0 Å². The van der Waals surface area contributed by atoms with E-state index < -0.39 is 6.09 Å². The molecule has 0 saturated heterocycles. The van der Waals surface area contributed by atoms with Gasteiger partial charge in [0.05, 0.1) is 12.8 Å². The van der Waals surface area contributed by atoms with Crippen LogP contribution < -0.4 is 10.1 Å². The molecule has 1 N–H and O–H groups in total. The average Bonchev–Trinajstić information content (AvgIpc) is 2.58. The predicted octanol–water partition coefficient (Wildman–Crippen LogP) is 3.84. The number of amides is 1. The number of ether oxygens (including phenoxy) is 1. The van der Waals surface area contributed by atoms with E-state index in [1.54, 1.807) is 48.8 Å². The Morgan fingerprint density at radius 3 is 2.83 bits per heavy atom. The fourth-order valence-electron chi connectivity index (χ4n) is 1.70. The Labute approximate surface area is 135 Å². The van der Waals surface area contributed by atoms with Crippen molar-refractivity contribution in [2.24, 2.45) is 5.16 Å². The summed E-state index contributed by atoms with van der Waals surface area (Å²) in [4.78, 5) is 20.3. The van der Waals surface area contributed by atoms with Crippen molar-refractivity contribution in [2.75, 3.05) is 11.9 Å². The van der Waals surface area contributed by atoms with Crippen LogP contribution in [0.15, 0.2) is 53.9 Å². The fourth-order valence-corrected chi connectivity index (χ4v) is 1.70. The maximum absolute atomic E-state index is 11.6. The molecule has 6 nitrogen and oxygen atoms in total. The zero-order valence-electron chi connectivity index (χ0n) is 12.9. The first-order valence-electron chi connectivity index (χ1n) is 7.42. The van der Waals surface area contributed by atoms with Crippen LogP contribution in [-0.4, -0.2) is 23.9 Å². The Bertz CT molecular complexity index is 627. The third-order valence-corrected chi connectivity index (χ3v) is 2.89. The molecule has 2 aromatic rings. The summed E-state index contributed by atoms with van der Waals surface area (Å²) in [5.41, 5.74) is 1.35. The van der Waals surface area contributed by atoms with E-state index in [2.05, 4.69) is 22.4 Å². The van der Waals surface area contributed by atoms with Crippen molar-refractivity contribution < 1.29 is 14.4 Å². The minimum atomic E-state index is -0.662. The fraction of sp³-hybridized carbons (Fsp3) is 0.235. The number of benzene rings is 1. The van der Waals surface area contributed by atoms with Gasteiger partial charge < -0.3 is 4.74 Å². The normalized spacial score (nSPS) is 10.5. The molecule has 0 spiro atoms. The molecule has 1 aromatic heterocycles. The monoisotopic (exact) mass is 313 g/mol. The minimum Gasteiger partial charge on any atom is -0.494 e. The van der Waals surface area contributed by atoms with E-state index in [1.807, 2.05) is 0 Å². The summed E-state index contributed by atoms with van der Waals surface area (Å²) < 4.78 is 5.55. The van der Waals surface area contributed by atoms with E-state index in [0.717, 1.165) is 24.2 Å². The Hall–Kier alpha value is -2.89. The Morgan fingerprint density at radius 1 is 1.30 bits per heavy atom. The number of nitrogens with one attached hydrogen (secondary N) is 1. The number of anilines is 1. The number of unbranched alkanes of at least 4 members (excludes halogenated alkanes) is 1. The van der Waals surface area contributed by atoms with E-state index in [9.17, 15) is 4.79 Å². The van der Waals surface area contributed by atoms with Gasteiger partial charge in [0.15, 0.2) is 0 Å². The molecule has 0 aliphatic heterocycles. The number of oxime groups is 1. The molecule has 0 bridgehead atoms. The van der Waals surface area contributed by atoms with Gasteiger partial charge in [-0.25, -0.2) is 4.79 Å². The zero-order chi connectivity index (χ0) is 16.3. The van der Waals surface area contributed by atoms with Gasteiger partial charge in [-0.15, -0.1) is 0 Å². The molecule has 120 valence electrons. The van der Waals surface area contributed by atoms with Gasteiger partial charge in [-0.3, -0.25) is 15.1 Å². The van der Waals surface area contributed by atoms with E-state index in [1.165, 1.54) is 6.21 Å². The van der Waals surface area contributed by atoms with Crippen molar-refractivity contribution in [3.05, 3.63) is 54.4 Å². The van der Waals surface area contributed by atoms with Crippen molar-refractivity contribution in [1.29, 1.82) is 0 Å². The third-order valence-electron chi connectivity index (χ3n) is 2.89. The van der Waals surface area contributed by atoms with Crippen LogP contribution in [0.4, 0.5) is 10.5 Å². The molecular weight excluding hydrogens is 294 g/mol. The largest absolute Gasteiger partial charge is 0.494 e. The van der Waals surface area contributed by atoms with Gasteiger partial charge >= 0.3 is 6.09 Å². The lowest BCUT2D eigenvalue weighted by Gasteiger charge is -2.06. The summed E-state index contributed by atoms with van der Waals surface area (Å²) >= 11 is 0. The second kappa shape index (κ2) is 9.19. The first-order valence-corrected chi connectivity index (χ1v) is 7.42. The summed E-state index contributed by atoms with van der Waals surface area (Å²) in [6, 6.07) is 10.6. The van der Waals surface area contributed by atoms with Gasteiger partial charge in [-0.05, 0) is 36.8 Å². The Balaban J connectivity index is 1.77. The lowest BCUT2D eigenvalue weighted by Crippen LogP contribution is -2.10. The van der Waals surface area contributed by atoms with Gasteiger partial charge in [0, 0.05) is 23.6 Å². The summed E-state index contributed by atoms with van der Waals surface area (Å²) in [5, 5.41) is 6.18. The predicted molar refractivity (Wildman–Crippen MR) is 88.8 cm³/mol. The Morgan fingerprint density at radius 2 is 2.13 bits per heavy atom. The molecule has 23 heavy (non-hydrogen) atoms. The van der Waals surface area contributed by atoms with Crippen LogP contribution in [-0.2, 0) is 4.84 Å². The highest BCUT2D eigenvalue weighted by Gasteiger charge is 2.03. The maximum Gasteiger partial charge on any atom is 0.437 e. The van der Waals surface area contributed by atoms with Gasteiger partial charge in [-0.1, -0.05) is 24.6 Å². The molecule has 0 aliphatic rings. The summed E-state index contributed by atoms with van der Waals surface area (Å²) in [6.45, 7) is 2.80. The molecule has 2 rings (SSSR count). The molecule has 0 fully saturated rings. The molecule has 0 atom stereocenters. The first-order chi connectivity index (χ1) is 11.3. The van der Waals surface area contributed by atoms with Crippen molar-refractivity contribution in [3.63, 3.8) is 0 Å². The smallest absolute Gasteiger partial charge is 0.437 e. The number of carbonyl (C=O) groups is 1. The molecule has 1 heterocycles. The van der Waals surface area contributed by atoms with Gasteiger partial charge in [0.25, 0.3) is 0 Å². The molecule has 1 amide bonds.